The number of aliphatic hydroxyl groups excluding tert-OH is 1. The third-order valence-electron chi connectivity index (χ3n) is 5.44. The molecule has 0 unspecified atom stereocenters. The fourth-order valence-corrected chi connectivity index (χ4v) is 3.81. The third kappa shape index (κ3) is 3.25. The van der Waals surface area contributed by atoms with Gasteiger partial charge < -0.3 is 14.1 Å². The smallest absolute Gasteiger partial charge is 0.227 e. The highest BCUT2D eigenvalue weighted by Crippen LogP contribution is 2.35. The van der Waals surface area contributed by atoms with Gasteiger partial charge in [-0.05, 0) is 48.4 Å². The molecule has 6 nitrogen and oxygen atoms in total. The number of oxazole rings is 1. The molecule has 0 spiro atoms. The molecular formula is C24H18F2N4O2. The number of nitrogens with zero attached hydrogens (tertiary/aromatic N) is 4. The molecule has 0 aliphatic carbocycles. The maximum absolute atomic E-state index is 14.4. The number of benzene rings is 3. The van der Waals surface area contributed by atoms with E-state index in [1.165, 1.54) is 18.2 Å². The number of hydrogen-bond donors (Lipinski definition) is 1. The van der Waals surface area contributed by atoms with E-state index in [0.717, 1.165) is 11.1 Å². The van der Waals surface area contributed by atoms with E-state index in [9.17, 15) is 13.9 Å². The number of rotatable bonds is 4. The standard InChI is InChI=1S/C24H18F2N4O2/c1-13-21(26)16(11-31)9-20-22(13)32-24(28-20)15-5-3-4-14(8-15)18-7-6-17(25)10-19(18)23-29-27-12-30(23)2/h3-10,12,31H,11H2,1-2H3. The van der Waals surface area contributed by atoms with Crippen molar-refractivity contribution < 1.29 is 18.3 Å². The Morgan fingerprint density at radius 3 is 2.59 bits per heavy atom. The van der Waals surface area contributed by atoms with Gasteiger partial charge in [0.15, 0.2) is 11.4 Å². The molecule has 0 fully saturated rings. The first-order valence-corrected chi connectivity index (χ1v) is 9.90. The summed E-state index contributed by atoms with van der Waals surface area (Å²) in [4.78, 5) is 4.50. The summed E-state index contributed by atoms with van der Waals surface area (Å²) in [6.45, 7) is 1.17. The second kappa shape index (κ2) is 7.65. The SMILES string of the molecule is Cc1c(F)c(CO)cc2nc(-c3cccc(-c4ccc(F)cc4-c4nncn4C)c3)oc12. The van der Waals surface area contributed by atoms with Crippen molar-refractivity contribution >= 4 is 11.1 Å². The van der Waals surface area contributed by atoms with Crippen LogP contribution in [0.1, 0.15) is 11.1 Å². The highest BCUT2D eigenvalue weighted by molar-refractivity contribution is 5.84. The van der Waals surface area contributed by atoms with E-state index in [0.29, 0.717) is 39.5 Å². The van der Waals surface area contributed by atoms with E-state index in [1.54, 1.807) is 30.9 Å². The lowest BCUT2D eigenvalue weighted by atomic mass is 9.97. The van der Waals surface area contributed by atoms with Crippen molar-refractivity contribution in [3.63, 3.8) is 0 Å². The van der Waals surface area contributed by atoms with Crippen molar-refractivity contribution in [2.45, 2.75) is 13.5 Å². The van der Waals surface area contributed by atoms with Crippen molar-refractivity contribution in [1.82, 2.24) is 19.7 Å². The number of aliphatic hydroxyl groups is 1. The molecule has 5 rings (SSSR count). The fourth-order valence-electron chi connectivity index (χ4n) is 3.81. The zero-order valence-corrected chi connectivity index (χ0v) is 17.3. The summed E-state index contributed by atoms with van der Waals surface area (Å²) in [6, 6.07) is 13.4. The monoisotopic (exact) mass is 432 g/mol. The average Bonchev–Trinajstić information content (AvgIpc) is 3.42. The molecule has 0 atom stereocenters. The molecule has 1 N–H and O–H groups in total. The van der Waals surface area contributed by atoms with Crippen molar-refractivity contribution in [2.75, 3.05) is 0 Å². The van der Waals surface area contributed by atoms with Gasteiger partial charge >= 0.3 is 0 Å². The molecule has 0 saturated heterocycles. The van der Waals surface area contributed by atoms with Crippen LogP contribution in [0.25, 0.3) is 45.1 Å². The maximum atomic E-state index is 14.4. The van der Waals surface area contributed by atoms with Crippen LogP contribution in [0.15, 0.2) is 59.3 Å². The van der Waals surface area contributed by atoms with Crippen molar-refractivity contribution in [3.8, 4) is 34.0 Å². The summed E-state index contributed by atoms with van der Waals surface area (Å²) >= 11 is 0. The van der Waals surface area contributed by atoms with Gasteiger partial charge in [0, 0.05) is 29.3 Å². The summed E-state index contributed by atoms with van der Waals surface area (Å²) < 4.78 is 36.0. The van der Waals surface area contributed by atoms with Crippen LogP contribution in [-0.4, -0.2) is 24.9 Å². The van der Waals surface area contributed by atoms with Crippen LogP contribution in [0, 0.1) is 18.6 Å². The molecule has 0 aliphatic heterocycles. The van der Waals surface area contributed by atoms with E-state index in [-0.39, 0.29) is 11.4 Å². The average molecular weight is 432 g/mol. The van der Waals surface area contributed by atoms with E-state index >= 15 is 0 Å². The van der Waals surface area contributed by atoms with Gasteiger partial charge in [0.1, 0.15) is 23.5 Å². The van der Waals surface area contributed by atoms with Crippen molar-refractivity contribution in [3.05, 3.63) is 77.6 Å². The van der Waals surface area contributed by atoms with E-state index < -0.39 is 12.4 Å². The number of halogens is 2. The second-order valence-electron chi connectivity index (χ2n) is 7.54. The minimum Gasteiger partial charge on any atom is -0.436 e. The predicted octanol–water partition coefficient (Wildman–Crippen LogP) is 5.04. The van der Waals surface area contributed by atoms with Crippen molar-refractivity contribution in [2.24, 2.45) is 7.05 Å². The quantitative estimate of drug-likeness (QED) is 0.431. The summed E-state index contributed by atoms with van der Waals surface area (Å²) in [7, 11) is 1.79. The lowest BCUT2D eigenvalue weighted by Gasteiger charge is -2.10. The summed E-state index contributed by atoms with van der Waals surface area (Å²) in [5.41, 5.74) is 4.12. The highest BCUT2D eigenvalue weighted by Gasteiger charge is 2.18. The Hall–Kier alpha value is -3.91. The van der Waals surface area contributed by atoms with Gasteiger partial charge in [-0.15, -0.1) is 10.2 Å². The molecule has 0 radical (unpaired) electrons. The third-order valence-corrected chi connectivity index (χ3v) is 5.44. The fraction of sp³-hybridized carbons (Fsp3) is 0.125. The molecule has 5 aromatic rings. The predicted molar refractivity (Wildman–Crippen MR) is 115 cm³/mol. The number of aromatic nitrogens is 4. The zero-order chi connectivity index (χ0) is 22.4. The Morgan fingerprint density at radius 1 is 1.03 bits per heavy atom. The first-order chi connectivity index (χ1) is 15.5. The lowest BCUT2D eigenvalue weighted by Crippen LogP contribution is -1.95. The molecule has 32 heavy (non-hydrogen) atoms. The van der Waals surface area contributed by atoms with Crippen LogP contribution in [0.4, 0.5) is 8.78 Å². The molecule has 8 heteroatoms. The topological polar surface area (TPSA) is 77.0 Å². The van der Waals surface area contributed by atoms with Crippen LogP contribution < -0.4 is 0 Å². The molecular weight excluding hydrogens is 414 g/mol. The van der Waals surface area contributed by atoms with E-state index in [2.05, 4.69) is 15.2 Å². The first kappa shape index (κ1) is 20.0. The molecule has 2 heterocycles. The number of aryl methyl sites for hydroxylation is 2. The second-order valence-corrected chi connectivity index (χ2v) is 7.54. The molecule has 2 aromatic heterocycles. The van der Waals surface area contributed by atoms with Gasteiger partial charge in [-0.2, -0.15) is 0 Å². The lowest BCUT2D eigenvalue weighted by molar-refractivity contribution is 0.275. The normalized spacial score (nSPS) is 11.4. The van der Waals surface area contributed by atoms with Crippen LogP contribution in [0.3, 0.4) is 0 Å². The Bertz CT molecular complexity index is 1470. The molecule has 0 aliphatic rings. The maximum Gasteiger partial charge on any atom is 0.227 e. The minimum absolute atomic E-state index is 0.170. The molecule has 3 aromatic carbocycles. The van der Waals surface area contributed by atoms with Crippen LogP contribution >= 0.6 is 0 Å². The molecule has 0 amide bonds. The van der Waals surface area contributed by atoms with E-state index in [1.807, 2.05) is 24.3 Å². The van der Waals surface area contributed by atoms with Crippen LogP contribution in [0.2, 0.25) is 0 Å². The molecule has 0 bridgehead atoms. The Labute approximate surface area is 181 Å². The van der Waals surface area contributed by atoms with Gasteiger partial charge in [0.25, 0.3) is 0 Å². The van der Waals surface area contributed by atoms with Gasteiger partial charge in [0.2, 0.25) is 5.89 Å². The Morgan fingerprint density at radius 2 is 1.84 bits per heavy atom. The number of fused-ring (bicyclic) bond motifs is 1. The van der Waals surface area contributed by atoms with Crippen LogP contribution in [-0.2, 0) is 13.7 Å². The minimum atomic E-state index is -0.504. The summed E-state index contributed by atoms with van der Waals surface area (Å²) in [5, 5.41) is 17.4. The Balaban J connectivity index is 1.64. The van der Waals surface area contributed by atoms with Gasteiger partial charge in [-0.3, -0.25) is 0 Å². The zero-order valence-electron chi connectivity index (χ0n) is 17.3. The molecule has 0 saturated carbocycles. The van der Waals surface area contributed by atoms with Crippen molar-refractivity contribution in [1.29, 1.82) is 0 Å². The largest absolute Gasteiger partial charge is 0.436 e. The van der Waals surface area contributed by atoms with Gasteiger partial charge in [-0.25, -0.2) is 13.8 Å². The van der Waals surface area contributed by atoms with E-state index in [4.69, 9.17) is 4.42 Å². The first-order valence-electron chi connectivity index (χ1n) is 9.90. The number of hydrogen-bond acceptors (Lipinski definition) is 5. The molecule has 160 valence electrons. The summed E-state index contributed by atoms with van der Waals surface area (Å²) in [5.74, 6) is -0.0220. The van der Waals surface area contributed by atoms with Crippen LogP contribution in [0.5, 0.6) is 0 Å². The van der Waals surface area contributed by atoms with Gasteiger partial charge in [-0.1, -0.05) is 18.2 Å². The highest BCUT2D eigenvalue weighted by atomic mass is 19.1. The van der Waals surface area contributed by atoms with Gasteiger partial charge in [0.05, 0.1) is 6.61 Å². The summed E-state index contributed by atoms with van der Waals surface area (Å²) in [6.07, 6.45) is 1.56. The Kier molecular flexibility index (Phi) is 4.79.